The monoisotopic (exact) mass is 362 g/mol. The van der Waals surface area contributed by atoms with Crippen LogP contribution in [0.3, 0.4) is 0 Å². The lowest BCUT2D eigenvalue weighted by atomic mass is 9.93. The molecule has 0 bridgehead atoms. The topological polar surface area (TPSA) is 112 Å². The Hall–Kier alpha value is -2.29. The van der Waals surface area contributed by atoms with Gasteiger partial charge in [0.05, 0.1) is 5.69 Å². The molecule has 0 aliphatic heterocycles. The van der Waals surface area contributed by atoms with Crippen molar-refractivity contribution < 1.29 is 14.3 Å². The highest BCUT2D eigenvalue weighted by Gasteiger charge is 2.27. The molecule has 0 saturated heterocycles. The number of benzene rings is 1. The third-order valence-electron chi connectivity index (χ3n) is 3.75. The molecule has 25 heavy (non-hydrogen) atoms. The third-order valence-corrected chi connectivity index (χ3v) is 4.62. The molecule has 0 radical (unpaired) electrons. The van der Waals surface area contributed by atoms with Crippen LogP contribution in [0.2, 0.25) is 0 Å². The first kappa shape index (κ1) is 19.0. The van der Waals surface area contributed by atoms with Crippen LogP contribution in [0.25, 0.3) is 0 Å². The minimum Gasteiger partial charge on any atom is -0.460 e. The Labute approximate surface area is 150 Å². The number of nitrogens with two attached hydrogens (primary N) is 2. The predicted octanol–water partition coefficient (Wildman–Crippen LogP) is 1.79. The SMILES string of the molecule is CC(CN)C[C@H](C(=O)OCc1ccccc1)c1csc(N(N)C=O)n1. The van der Waals surface area contributed by atoms with Crippen LogP contribution in [0.5, 0.6) is 0 Å². The minimum atomic E-state index is -0.549. The number of ether oxygens (including phenoxy) is 1. The molecule has 8 heteroatoms. The van der Waals surface area contributed by atoms with Gasteiger partial charge in [0, 0.05) is 5.38 Å². The van der Waals surface area contributed by atoms with E-state index in [9.17, 15) is 9.59 Å². The fraction of sp³-hybridized carbons (Fsp3) is 0.353. The van der Waals surface area contributed by atoms with E-state index in [4.69, 9.17) is 16.3 Å². The highest BCUT2D eigenvalue weighted by molar-refractivity contribution is 7.13. The fourth-order valence-corrected chi connectivity index (χ4v) is 3.03. The second-order valence-corrected chi connectivity index (χ2v) is 6.63. The van der Waals surface area contributed by atoms with Gasteiger partial charge in [-0.2, -0.15) is 0 Å². The molecule has 2 rings (SSSR count). The number of carbonyl (C=O) groups is 2. The van der Waals surface area contributed by atoms with E-state index in [1.807, 2.05) is 37.3 Å². The Balaban J connectivity index is 2.12. The molecule has 1 aromatic heterocycles. The summed E-state index contributed by atoms with van der Waals surface area (Å²) in [5, 5.41) is 2.93. The van der Waals surface area contributed by atoms with Crippen molar-refractivity contribution in [2.24, 2.45) is 17.5 Å². The van der Waals surface area contributed by atoms with E-state index in [0.29, 0.717) is 30.2 Å². The summed E-state index contributed by atoms with van der Waals surface area (Å²) in [5.74, 6) is 4.73. The van der Waals surface area contributed by atoms with Crippen LogP contribution in [-0.4, -0.2) is 23.9 Å². The number of hydrogen-bond acceptors (Lipinski definition) is 7. The number of hydrogen-bond donors (Lipinski definition) is 2. The lowest BCUT2D eigenvalue weighted by Gasteiger charge is -2.17. The predicted molar refractivity (Wildman–Crippen MR) is 96.7 cm³/mol. The molecule has 0 aliphatic rings. The zero-order valence-corrected chi connectivity index (χ0v) is 14.8. The molecule has 1 aromatic carbocycles. The number of esters is 1. The average molecular weight is 362 g/mol. The Morgan fingerprint density at radius 2 is 2.12 bits per heavy atom. The highest BCUT2D eigenvalue weighted by atomic mass is 32.1. The first-order chi connectivity index (χ1) is 12.0. The first-order valence-corrected chi connectivity index (χ1v) is 8.78. The number of thiazole rings is 1. The lowest BCUT2D eigenvalue weighted by Crippen LogP contribution is -2.28. The van der Waals surface area contributed by atoms with Crippen molar-refractivity contribution >= 4 is 28.8 Å². The molecule has 1 heterocycles. The van der Waals surface area contributed by atoms with Crippen LogP contribution >= 0.6 is 11.3 Å². The smallest absolute Gasteiger partial charge is 0.315 e. The number of rotatable bonds is 9. The number of carbonyl (C=O) groups excluding carboxylic acids is 2. The number of hydrazine groups is 1. The largest absolute Gasteiger partial charge is 0.460 e. The highest BCUT2D eigenvalue weighted by Crippen LogP contribution is 2.29. The Morgan fingerprint density at radius 3 is 2.76 bits per heavy atom. The number of nitrogens with zero attached hydrogens (tertiary/aromatic N) is 2. The molecule has 7 nitrogen and oxygen atoms in total. The van der Waals surface area contributed by atoms with Gasteiger partial charge >= 0.3 is 5.97 Å². The van der Waals surface area contributed by atoms with E-state index in [-0.39, 0.29) is 18.5 Å². The van der Waals surface area contributed by atoms with Crippen molar-refractivity contribution in [3.05, 3.63) is 47.0 Å². The van der Waals surface area contributed by atoms with Gasteiger partial charge in [-0.1, -0.05) is 37.3 Å². The van der Waals surface area contributed by atoms with Gasteiger partial charge in [0.2, 0.25) is 11.5 Å². The minimum absolute atomic E-state index is 0.125. The number of aromatic nitrogens is 1. The first-order valence-electron chi connectivity index (χ1n) is 7.90. The van der Waals surface area contributed by atoms with Gasteiger partial charge in [-0.05, 0) is 24.4 Å². The maximum absolute atomic E-state index is 12.6. The summed E-state index contributed by atoms with van der Waals surface area (Å²) in [7, 11) is 0. The number of anilines is 1. The maximum Gasteiger partial charge on any atom is 0.315 e. The quantitative estimate of drug-likeness (QED) is 0.231. The van der Waals surface area contributed by atoms with E-state index in [0.717, 1.165) is 10.6 Å². The van der Waals surface area contributed by atoms with Crippen LogP contribution in [0.1, 0.15) is 30.5 Å². The van der Waals surface area contributed by atoms with Crippen molar-refractivity contribution in [2.75, 3.05) is 11.6 Å². The normalized spacial score (nSPS) is 13.1. The second-order valence-electron chi connectivity index (χ2n) is 5.79. The second kappa shape index (κ2) is 9.26. The molecule has 0 aliphatic carbocycles. The summed E-state index contributed by atoms with van der Waals surface area (Å²) in [6, 6.07) is 9.46. The van der Waals surface area contributed by atoms with Crippen molar-refractivity contribution in [3.63, 3.8) is 0 Å². The Kier molecular flexibility index (Phi) is 7.05. The Morgan fingerprint density at radius 1 is 1.40 bits per heavy atom. The average Bonchev–Trinajstić information content (AvgIpc) is 3.13. The lowest BCUT2D eigenvalue weighted by molar-refractivity contribution is -0.147. The zero-order chi connectivity index (χ0) is 18.2. The van der Waals surface area contributed by atoms with Gasteiger partial charge in [0.25, 0.3) is 0 Å². The van der Waals surface area contributed by atoms with E-state index in [2.05, 4.69) is 4.98 Å². The van der Waals surface area contributed by atoms with E-state index in [1.54, 1.807) is 5.38 Å². The summed E-state index contributed by atoms with van der Waals surface area (Å²) >= 11 is 1.20. The van der Waals surface area contributed by atoms with Crippen molar-refractivity contribution in [1.82, 2.24) is 4.98 Å². The van der Waals surface area contributed by atoms with E-state index >= 15 is 0 Å². The van der Waals surface area contributed by atoms with Crippen molar-refractivity contribution in [2.45, 2.75) is 25.9 Å². The van der Waals surface area contributed by atoms with E-state index in [1.165, 1.54) is 11.3 Å². The fourth-order valence-electron chi connectivity index (χ4n) is 2.27. The molecular weight excluding hydrogens is 340 g/mol. The van der Waals surface area contributed by atoms with Gasteiger partial charge in [0.1, 0.15) is 12.5 Å². The summed E-state index contributed by atoms with van der Waals surface area (Å²) < 4.78 is 5.46. The standard InChI is InChI=1S/C17H22N4O3S/c1-12(8-18)7-14(15-10-25-17(20-15)21(19)11-22)16(23)24-9-13-5-3-2-4-6-13/h2-6,10-12,14H,7-9,18-19H2,1H3/t12?,14-/m0/s1. The molecule has 0 fully saturated rings. The molecule has 1 unspecified atom stereocenters. The van der Waals surface area contributed by atoms with Gasteiger partial charge in [-0.25, -0.2) is 15.8 Å². The van der Waals surface area contributed by atoms with Crippen molar-refractivity contribution in [1.29, 1.82) is 0 Å². The summed E-state index contributed by atoms with van der Waals surface area (Å²) in [5.41, 5.74) is 7.14. The zero-order valence-electron chi connectivity index (χ0n) is 14.0. The maximum atomic E-state index is 12.6. The van der Waals surface area contributed by atoms with Crippen LogP contribution in [0.15, 0.2) is 35.7 Å². The van der Waals surface area contributed by atoms with Gasteiger partial charge in [-0.3, -0.25) is 9.59 Å². The molecular formula is C17H22N4O3S. The summed E-state index contributed by atoms with van der Waals surface area (Å²) in [6.45, 7) is 2.61. The molecule has 2 atom stereocenters. The Bertz CT molecular complexity index is 692. The number of amides is 1. The molecule has 2 aromatic rings. The molecule has 4 N–H and O–H groups in total. The van der Waals surface area contributed by atoms with Crippen molar-refractivity contribution in [3.8, 4) is 0 Å². The van der Waals surface area contributed by atoms with Crippen LogP contribution in [0, 0.1) is 5.92 Å². The molecule has 134 valence electrons. The van der Waals surface area contributed by atoms with Crippen LogP contribution in [-0.2, 0) is 20.9 Å². The summed E-state index contributed by atoms with van der Waals surface area (Å²) in [4.78, 5) is 27.7. The van der Waals surface area contributed by atoms with Gasteiger partial charge in [0.15, 0.2) is 0 Å². The molecule has 0 spiro atoms. The van der Waals surface area contributed by atoms with E-state index < -0.39 is 5.92 Å². The third kappa shape index (κ3) is 5.35. The van der Waals surface area contributed by atoms with Crippen LogP contribution in [0.4, 0.5) is 5.13 Å². The summed E-state index contributed by atoms with van der Waals surface area (Å²) in [6.07, 6.45) is 0.979. The molecule has 1 amide bonds. The van der Waals surface area contributed by atoms with Crippen LogP contribution < -0.4 is 16.6 Å². The van der Waals surface area contributed by atoms with Gasteiger partial charge < -0.3 is 10.5 Å². The molecule has 0 saturated carbocycles. The van der Waals surface area contributed by atoms with Gasteiger partial charge in [-0.15, -0.1) is 11.3 Å².